The van der Waals surface area contributed by atoms with E-state index in [9.17, 15) is 0 Å². The minimum atomic E-state index is 0.473. The molecule has 5 heteroatoms. The Labute approximate surface area is 151 Å². The predicted molar refractivity (Wildman–Crippen MR) is 108 cm³/mol. The summed E-state index contributed by atoms with van der Waals surface area (Å²) in [4.78, 5) is 8.58. The van der Waals surface area contributed by atoms with Crippen LogP contribution in [0.4, 0.5) is 28.7 Å². The maximum atomic E-state index is 6.30. The van der Waals surface area contributed by atoms with E-state index in [1.165, 1.54) is 11.9 Å². The molecule has 26 heavy (non-hydrogen) atoms. The Bertz CT molecular complexity index is 1050. The van der Waals surface area contributed by atoms with Crippen molar-refractivity contribution < 1.29 is 0 Å². The lowest BCUT2D eigenvalue weighted by Crippen LogP contribution is -2.05. The van der Waals surface area contributed by atoms with Crippen LogP contribution in [0.5, 0.6) is 0 Å². The third-order valence-corrected chi connectivity index (χ3v) is 4.24. The van der Waals surface area contributed by atoms with Crippen LogP contribution in [-0.2, 0) is 0 Å². The van der Waals surface area contributed by atoms with Gasteiger partial charge in [0.05, 0.1) is 0 Å². The Balaban J connectivity index is 1.66. The number of hydrogen-bond acceptors (Lipinski definition) is 5. The second kappa shape index (κ2) is 6.72. The van der Waals surface area contributed by atoms with E-state index in [4.69, 9.17) is 5.73 Å². The van der Waals surface area contributed by atoms with Gasteiger partial charge in [-0.05, 0) is 30.5 Å². The van der Waals surface area contributed by atoms with Gasteiger partial charge in [-0.15, -0.1) is 0 Å². The average molecular weight is 341 g/mol. The SMILES string of the molecule is Cc1ccc(Nc2ncnc(Nc3cccc4ccccc34)c2N)cc1. The molecule has 0 unspecified atom stereocenters. The standard InChI is InChI=1S/C21H19N5/c1-14-9-11-16(12-10-14)25-20-19(22)21(24-13-23-20)26-18-8-4-6-15-5-2-3-7-17(15)18/h2-13H,22H2,1H3,(H2,23,24,25,26). The first-order valence-electron chi connectivity index (χ1n) is 8.40. The number of aromatic nitrogens is 2. The number of hydrogen-bond donors (Lipinski definition) is 3. The van der Waals surface area contributed by atoms with E-state index in [1.807, 2.05) is 48.5 Å². The normalized spacial score (nSPS) is 10.7. The molecule has 0 atom stereocenters. The second-order valence-electron chi connectivity index (χ2n) is 6.13. The molecule has 0 fully saturated rings. The van der Waals surface area contributed by atoms with Crippen molar-refractivity contribution in [2.24, 2.45) is 0 Å². The smallest absolute Gasteiger partial charge is 0.159 e. The third-order valence-electron chi connectivity index (χ3n) is 4.24. The highest BCUT2D eigenvalue weighted by atomic mass is 15.1. The van der Waals surface area contributed by atoms with E-state index in [0.717, 1.165) is 22.1 Å². The molecule has 0 spiro atoms. The molecule has 0 radical (unpaired) electrons. The lowest BCUT2D eigenvalue weighted by molar-refractivity contribution is 1.17. The van der Waals surface area contributed by atoms with Crippen molar-refractivity contribution in [3.63, 3.8) is 0 Å². The van der Waals surface area contributed by atoms with E-state index < -0.39 is 0 Å². The van der Waals surface area contributed by atoms with Crippen molar-refractivity contribution in [2.75, 3.05) is 16.4 Å². The highest BCUT2D eigenvalue weighted by molar-refractivity contribution is 5.96. The summed E-state index contributed by atoms with van der Waals surface area (Å²) < 4.78 is 0. The zero-order valence-electron chi connectivity index (χ0n) is 14.4. The molecule has 3 aromatic carbocycles. The fourth-order valence-electron chi connectivity index (χ4n) is 2.83. The fourth-order valence-corrected chi connectivity index (χ4v) is 2.83. The van der Waals surface area contributed by atoms with Gasteiger partial charge in [-0.2, -0.15) is 0 Å². The monoisotopic (exact) mass is 341 g/mol. The van der Waals surface area contributed by atoms with Crippen molar-refractivity contribution in [3.05, 3.63) is 78.6 Å². The summed E-state index contributed by atoms with van der Waals surface area (Å²) in [5.41, 5.74) is 9.86. The fraction of sp³-hybridized carbons (Fsp3) is 0.0476. The molecule has 4 N–H and O–H groups in total. The number of benzene rings is 3. The summed E-state index contributed by atoms with van der Waals surface area (Å²) in [5.74, 6) is 1.15. The number of fused-ring (bicyclic) bond motifs is 1. The van der Waals surface area contributed by atoms with Crippen molar-refractivity contribution >= 4 is 39.5 Å². The number of rotatable bonds is 4. The Hall–Kier alpha value is -3.60. The lowest BCUT2D eigenvalue weighted by Gasteiger charge is -2.14. The molecule has 0 saturated carbocycles. The van der Waals surface area contributed by atoms with Gasteiger partial charge in [0.15, 0.2) is 11.6 Å². The summed E-state index contributed by atoms with van der Waals surface area (Å²) in [6, 6.07) is 22.3. The van der Waals surface area contributed by atoms with Crippen LogP contribution < -0.4 is 16.4 Å². The first-order chi connectivity index (χ1) is 12.7. The molecule has 0 aliphatic heterocycles. The molecular formula is C21H19N5. The zero-order chi connectivity index (χ0) is 17.9. The van der Waals surface area contributed by atoms with Gasteiger partial charge in [0.1, 0.15) is 12.0 Å². The molecule has 128 valence electrons. The summed E-state index contributed by atoms with van der Waals surface area (Å²) >= 11 is 0. The number of anilines is 5. The Morgan fingerprint density at radius 3 is 2.27 bits per heavy atom. The topological polar surface area (TPSA) is 75.9 Å². The highest BCUT2D eigenvalue weighted by Crippen LogP contribution is 2.31. The van der Waals surface area contributed by atoms with Crippen molar-refractivity contribution in [1.29, 1.82) is 0 Å². The van der Waals surface area contributed by atoms with E-state index in [0.29, 0.717) is 17.3 Å². The molecule has 0 amide bonds. The highest BCUT2D eigenvalue weighted by Gasteiger charge is 2.10. The van der Waals surface area contributed by atoms with Crippen LogP contribution in [0.3, 0.4) is 0 Å². The number of aryl methyl sites for hydroxylation is 1. The van der Waals surface area contributed by atoms with Gasteiger partial charge in [0.25, 0.3) is 0 Å². The summed E-state index contributed by atoms with van der Waals surface area (Å²) in [5, 5.41) is 8.85. The van der Waals surface area contributed by atoms with Gasteiger partial charge in [0.2, 0.25) is 0 Å². The quantitative estimate of drug-likeness (QED) is 0.486. The molecular weight excluding hydrogens is 322 g/mol. The van der Waals surface area contributed by atoms with Crippen LogP contribution in [0.25, 0.3) is 10.8 Å². The molecule has 5 nitrogen and oxygen atoms in total. The maximum Gasteiger partial charge on any atom is 0.159 e. The van der Waals surface area contributed by atoms with E-state index in [2.05, 4.69) is 45.7 Å². The number of nitrogens with two attached hydrogens (primary N) is 1. The van der Waals surface area contributed by atoms with Crippen LogP contribution in [0.15, 0.2) is 73.1 Å². The Morgan fingerprint density at radius 1 is 0.769 bits per heavy atom. The Morgan fingerprint density at radius 2 is 1.46 bits per heavy atom. The molecule has 4 rings (SSSR count). The van der Waals surface area contributed by atoms with Gasteiger partial charge >= 0.3 is 0 Å². The van der Waals surface area contributed by atoms with Gasteiger partial charge < -0.3 is 16.4 Å². The van der Waals surface area contributed by atoms with Crippen molar-refractivity contribution in [2.45, 2.75) is 6.92 Å². The molecule has 0 saturated heterocycles. The van der Waals surface area contributed by atoms with Gasteiger partial charge in [-0.25, -0.2) is 9.97 Å². The van der Waals surface area contributed by atoms with E-state index in [1.54, 1.807) is 0 Å². The molecule has 0 aliphatic carbocycles. The minimum Gasteiger partial charge on any atom is -0.393 e. The predicted octanol–water partition coefficient (Wildman–Crippen LogP) is 5.01. The number of nitrogens with zero attached hydrogens (tertiary/aromatic N) is 2. The third kappa shape index (κ3) is 3.15. The van der Waals surface area contributed by atoms with Crippen LogP contribution in [-0.4, -0.2) is 9.97 Å². The lowest BCUT2D eigenvalue weighted by atomic mass is 10.1. The number of nitrogens with one attached hydrogen (secondary N) is 2. The largest absolute Gasteiger partial charge is 0.393 e. The molecule has 0 aliphatic rings. The van der Waals surface area contributed by atoms with Crippen LogP contribution in [0.2, 0.25) is 0 Å². The van der Waals surface area contributed by atoms with Crippen LogP contribution in [0.1, 0.15) is 5.56 Å². The van der Waals surface area contributed by atoms with Gasteiger partial charge in [-0.1, -0.05) is 54.1 Å². The van der Waals surface area contributed by atoms with E-state index in [-0.39, 0.29) is 0 Å². The molecule has 4 aromatic rings. The molecule has 1 heterocycles. The van der Waals surface area contributed by atoms with Crippen molar-refractivity contribution in [3.8, 4) is 0 Å². The van der Waals surface area contributed by atoms with Gasteiger partial charge in [0, 0.05) is 16.8 Å². The summed E-state index contributed by atoms with van der Waals surface area (Å²) in [6.45, 7) is 2.05. The zero-order valence-corrected chi connectivity index (χ0v) is 14.4. The average Bonchev–Trinajstić information content (AvgIpc) is 2.67. The maximum absolute atomic E-state index is 6.30. The molecule has 1 aromatic heterocycles. The Kier molecular flexibility index (Phi) is 4.11. The van der Waals surface area contributed by atoms with E-state index >= 15 is 0 Å². The minimum absolute atomic E-state index is 0.473. The second-order valence-corrected chi connectivity index (χ2v) is 6.13. The van der Waals surface area contributed by atoms with Crippen LogP contribution in [0, 0.1) is 6.92 Å². The summed E-state index contributed by atoms with van der Waals surface area (Å²) in [6.07, 6.45) is 1.50. The first-order valence-corrected chi connectivity index (χ1v) is 8.40. The molecule has 0 bridgehead atoms. The van der Waals surface area contributed by atoms with Crippen molar-refractivity contribution in [1.82, 2.24) is 9.97 Å². The number of nitrogen functional groups attached to an aromatic ring is 1. The van der Waals surface area contributed by atoms with Crippen LogP contribution >= 0.6 is 0 Å². The first kappa shape index (κ1) is 15.9. The van der Waals surface area contributed by atoms with Gasteiger partial charge in [-0.3, -0.25) is 0 Å². The summed E-state index contributed by atoms with van der Waals surface area (Å²) in [7, 11) is 0.